The van der Waals surface area contributed by atoms with E-state index >= 15 is 0 Å². The van der Waals surface area contributed by atoms with Crippen LogP contribution in [-0.2, 0) is 11.4 Å². The van der Waals surface area contributed by atoms with Crippen molar-refractivity contribution in [2.24, 2.45) is 5.10 Å². The van der Waals surface area contributed by atoms with Gasteiger partial charge in [-0.25, -0.2) is 5.43 Å². The molecule has 3 aromatic rings. The topological polar surface area (TPSA) is 131 Å². The average molecular weight is 565 g/mol. The van der Waals surface area contributed by atoms with Crippen LogP contribution < -0.4 is 29.7 Å². The Bertz CT molecular complexity index is 1400. The van der Waals surface area contributed by atoms with Crippen molar-refractivity contribution in [3.63, 3.8) is 0 Å². The summed E-state index contributed by atoms with van der Waals surface area (Å²) in [6, 6.07) is 17.5. The molecule has 0 aliphatic carbocycles. The highest BCUT2D eigenvalue weighted by Crippen LogP contribution is 2.37. The maximum absolute atomic E-state index is 12.3. The van der Waals surface area contributed by atoms with Gasteiger partial charge in [0.2, 0.25) is 6.79 Å². The number of amides is 2. The number of carbonyl (C=O) groups excluding carboxylic acids is 2. The van der Waals surface area contributed by atoms with E-state index in [0.717, 1.165) is 5.56 Å². The number of hydrogen-bond acceptors (Lipinski definition) is 8. The SMILES string of the molecule is COc1cc(C=NNC(=O)CNC(=O)c2ccc3c(c2)OCO3)cc(Br)c1OCc1ccccc1C#N. The quantitative estimate of drug-likeness (QED) is 0.300. The molecule has 0 radical (unpaired) electrons. The van der Waals surface area contributed by atoms with Crippen LogP contribution in [0.3, 0.4) is 0 Å². The van der Waals surface area contributed by atoms with Crippen molar-refractivity contribution in [1.29, 1.82) is 5.26 Å². The van der Waals surface area contributed by atoms with Gasteiger partial charge >= 0.3 is 0 Å². The summed E-state index contributed by atoms with van der Waals surface area (Å²) in [7, 11) is 1.50. The zero-order valence-corrected chi connectivity index (χ0v) is 21.2. The fourth-order valence-electron chi connectivity index (χ4n) is 3.38. The lowest BCUT2D eigenvalue weighted by Gasteiger charge is -2.14. The van der Waals surface area contributed by atoms with Gasteiger partial charge in [-0.05, 0) is 57.9 Å². The fraction of sp³-hybridized carbons (Fsp3) is 0.154. The molecule has 2 N–H and O–H groups in total. The van der Waals surface area contributed by atoms with E-state index in [1.54, 1.807) is 42.5 Å². The summed E-state index contributed by atoms with van der Waals surface area (Å²) < 4.78 is 22.4. The van der Waals surface area contributed by atoms with E-state index in [1.807, 2.05) is 12.1 Å². The molecule has 0 fully saturated rings. The summed E-state index contributed by atoms with van der Waals surface area (Å²) in [6.45, 7) is 0.0185. The monoisotopic (exact) mass is 564 g/mol. The summed E-state index contributed by atoms with van der Waals surface area (Å²) in [5.74, 6) is 1.00. The largest absolute Gasteiger partial charge is 0.493 e. The highest BCUT2D eigenvalue weighted by atomic mass is 79.9. The van der Waals surface area contributed by atoms with E-state index in [9.17, 15) is 14.9 Å². The molecule has 3 aromatic carbocycles. The number of methoxy groups -OCH3 is 1. The summed E-state index contributed by atoms with van der Waals surface area (Å²) in [5.41, 5.74) is 4.61. The number of benzene rings is 3. The van der Waals surface area contributed by atoms with E-state index < -0.39 is 11.8 Å². The molecule has 0 saturated heterocycles. The summed E-state index contributed by atoms with van der Waals surface area (Å²) >= 11 is 3.47. The second-order valence-corrected chi connectivity index (χ2v) is 8.49. The molecule has 11 heteroatoms. The van der Waals surface area contributed by atoms with Gasteiger partial charge < -0.3 is 24.3 Å². The molecular weight excluding hydrogens is 544 g/mol. The molecule has 10 nitrogen and oxygen atoms in total. The third kappa shape index (κ3) is 6.36. The van der Waals surface area contributed by atoms with Gasteiger partial charge in [0.1, 0.15) is 6.61 Å². The Morgan fingerprint density at radius 3 is 2.78 bits per heavy atom. The standard InChI is InChI=1S/C26H21BrN4O6/c1-34-23-9-16(8-20(27)25(23)35-14-19-5-3-2-4-18(19)11-28)12-30-31-24(32)13-29-26(33)17-6-7-21-22(10-17)37-15-36-21/h2-10,12H,13-15H2,1H3,(H,29,33)(H,31,32). The third-order valence-electron chi connectivity index (χ3n) is 5.21. The predicted octanol–water partition coefficient (Wildman–Crippen LogP) is 3.52. The predicted molar refractivity (Wildman–Crippen MR) is 137 cm³/mol. The summed E-state index contributed by atoms with van der Waals surface area (Å²) in [4.78, 5) is 24.4. The normalized spacial score (nSPS) is 11.6. The van der Waals surface area contributed by atoms with Gasteiger partial charge in [-0.15, -0.1) is 0 Å². The molecule has 0 aromatic heterocycles. The minimum Gasteiger partial charge on any atom is -0.493 e. The molecule has 1 aliphatic rings. The number of nitriles is 1. The first kappa shape index (κ1) is 25.5. The zero-order valence-electron chi connectivity index (χ0n) is 19.6. The molecule has 188 valence electrons. The first-order chi connectivity index (χ1) is 18.0. The lowest BCUT2D eigenvalue weighted by Crippen LogP contribution is -2.34. The minimum atomic E-state index is -0.507. The molecule has 4 rings (SSSR count). The van der Waals surface area contributed by atoms with Crippen LogP contribution in [0.2, 0.25) is 0 Å². The van der Waals surface area contributed by atoms with Crippen LogP contribution in [-0.4, -0.2) is 38.5 Å². The Morgan fingerprint density at radius 1 is 1.16 bits per heavy atom. The Hall–Kier alpha value is -4.56. The highest BCUT2D eigenvalue weighted by Gasteiger charge is 2.17. The molecule has 0 unspecified atom stereocenters. The zero-order chi connectivity index (χ0) is 26.2. The van der Waals surface area contributed by atoms with Crippen LogP contribution >= 0.6 is 15.9 Å². The number of ether oxygens (including phenoxy) is 4. The number of hydrazone groups is 1. The molecule has 1 heterocycles. The Morgan fingerprint density at radius 2 is 1.97 bits per heavy atom. The van der Waals surface area contributed by atoms with E-state index in [0.29, 0.717) is 44.2 Å². The third-order valence-corrected chi connectivity index (χ3v) is 5.80. The van der Waals surface area contributed by atoms with Gasteiger partial charge in [0, 0.05) is 11.1 Å². The molecule has 0 spiro atoms. The van der Waals surface area contributed by atoms with E-state index in [1.165, 1.54) is 13.3 Å². The van der Waals surface area contributed by atoms with Crippen molar-refractivity contribution in [3.8, 4) is 29.1 Å². The molecule has 2 amide bonds. The molecule has 0 bridgehead atoms. The second-order valence-electron chi connectivity index (χ2n) is 7.64. The van der Waals surface area contributed by atoms with E-state index in [4.69, 9.17) is 18.9 Å². The first-order valence-corrected chi connectivity index (χ1v) is 11.8. The van der Waals surface area contributed by atoms with Crippen molar-refractivity contribution < 1.29 is 28.5 Å². The van der Waals surface area contributed by atoms with Crippen LogP contribution in [0, 0.1) is 11.3 Å². The smallest absolute Gasteiger partial charge is 0.259 e. The lowest BCUT2D eigenvalue weighted by molar-refractivity contribution is -0.120. The maximum Gasteiger partial charge on any atom is 0.259 e. The number of hydrogen-bond donors (Lipinski definition) is 2. The van der Waals surface area contributed by atoms with Crippen LogP contribution in [0.15, 0.2) is 64.2 Å². The number of carbonyl (C=O) groups is 2. The van der Waals surface area contributed by atoms with Crippen molar-refractivity contribution in [2.75, 3.05) is 20.4 Å². The maximum atomic E-state index is 12.3. The number of nitrogens with zero attached hydrogens (tertiary/aromatic N) is 2. The molecule has 0 atom stereocenters. The van der Waals surface area contributed by atoms with Crippen LogP contribution in [0.1, 0.15) is 27.0 Å². The Balaban J connectivity index is 1.32. The van der Waals surface area contributed by atoms with Gasteiger partial charge in [0.15, 0.2) is 23.0 Å². The van der Waals surface area contributed by atoms with Gasteiger partial charge in [-0.2, -0.15) is 10.4 Å². The summed E-state index contributed by atoms with van der Waals surface area (Å²) in [6.07, 6.45) is 1.43. The number of nitrogens with one attached hydrogen (secondary N) is 2. The second kappa shape index (κ2) is 11.9. The van der Waals surface area contributed by atoms with Crippen molar-refractivity contribution >= 4 is 34.0 Å². The Kier molecular flexibility index (Phi) is 8.22. The van der Waals surface area contributed by atoms with Gasteiger partial charge in [-0.3, -0.25) is 9.59 Å². The van der Waals surface area contributed by atoms with Crippen molar-refractivity contribution in [1.82, 2.24) is 10.7 Å². The number of rotatable bonds is 9. The van der Waals surface area contributed by atoms with Crippen molar-refractivity contribution in [2.45, 2.75) is 6.61 Å². The van der Waals surface area contributed by atoms with Gasteiger partial charge in [-0.1, -0.05) is 18.2 Å². The van der Waals surface area contributed by atoms with Gasteiger partial charge in [0.05, 0.1) is 36.0 Å². The molecular formula is C26H21BrN4O6. The molecule has 1 aliphatic heterocycles. The minimum absolute atomic E-state index is 0.107. The highest BCUT2D eigenvalue weighted by molar-refractivity contribution is 9.10. The van der Waals surface area contributed by atoms with Crippen LogP contribution in [0.5, 0.6) is 23.0 Å². The first-order valence-electron chi connectivity index (χ1n) is 11.0. The van der Waals surface area contributed by atoms with Crippen molar-refractivity contribution in [3.05, 3.63) is 81.3 Å². The van der Waals surface area contributed by atoms with E-state index in [2.05, 4.69) is 37.8 Å². The fourth-order valence-corrected chi connectivity index (χ4v) is 3.95. The average Bonchev–Trinajstić information content (AvgIpc) is 3.39. The van der Waals surface area contributed by atoms with Crippen LogP contribution in [0.4, 0.5) is 0 Å². The van der Waals surface area contributed by atoms with Gasteiger partial charge in [0.25, 0.3) is 11.8 Å². The number of fused-ring (bicyclic) bond motifs is 1. The van der Waals surface area contributed by atoms with Crippen LogP contribution in [0.25, 0.3) is 0 Å². The molecule has 37 heavy (non-hydrogen) atoms. The summed E-state index contributed by atoms with van der Waals surface area (Å²) in [5, 5.41) is 15.7. The lowest BCUT2D eigenvalue weighted by atomic mass is 10.1. The Labute approximate surface area is 220 Å². The number of halogens is 1. The van der Waals surface area contributed by atoms with E-state index in [-0.39, 0.29) is 19.9 Å². The molecule has 0 saturated carbocycles.